The van der Waals surface area contributed by atoms with E-state index >= 15 is 0 Å². The molecule has 0 aliphatic heterocycles. The van der Waals surface area contributed by atoms with Gasteiger partial charge >= 0.3 is 0 Å². The Kier molecular flexibility index (Phi) is 4.85. The number of hydrogen-bond acceptors (Lipinski definition) is 4. The van der Waals surface area contributed by atoms with Crippen LogP contribution in [0.25, 0.3) is 0 Å². The minimum absolute atomic E-state index is 0.143. The third kappa shape index (κ3) is 3.48. The molecule has 6 nitrogen and oxygen atoms in total. The summed E-state index contributed by atoms with van der Waals surface area (Å²) < 4.78 is 0. The molecule has 1 unspecified atom stereocenters. The summed E-state index contributed by atoms with van der Waals surface area (Å²) in [6, 6.07) is 12.6. The summed E-state index contributed by atoms with van der Waals surface area (Å²) in [5.41, 5.74) is 1.48. The number of amides is 1. The lowest BCUT2D eigenvalue weighted by Crippen LogP contribution is -2.31. The second kappa shape index (κ2) is 6.82. The zero-order valence-electron chi connectivity index (χ0n) is 12.0. The lowest BCUT2D eigenvalue weighted by molar-refractivity contribution is -0.384. The van der Waals surface area contributed by atoms with Crippen LogP contribution in [0.3, 0.4) is 0 Å². The summed E-state index contributed by atoms with van der Waals surface area (Å²) in [4.78, 5) is 22.6. The molecule has 0 fully saturated rings. The van der Waals surface area contributed by atoms with Gasteiger partial charge in [0.2, 0.25) is 0 Å². The first-order valence-electron chi connectivity index (χ1n) is 6.74. The molecule has 0 aromatic heterocycles. The molecule has 1 atom stereocenters. The third-order valence-electron chi connectivity index (χ3n) is 3.37. The van der Waals surface area contributed by atoms with Crippen LogP contribution in [0.15, 0.2) is 48.5 Å². The monoisotopic (exact) mass is 300 g/mol. The number of aryl methyl sites for hydroxylation is 1. The number of non-ortho nitro benzene ring substituents is 1. The molecule has 114 valence electrons. The predicted octanol–water partition coefficient (Wildman–Crippen LogP) is 2.37. The number of hydrogen-bond donors (Lipinski definition) is 2. The van der Waals surface area contributed by atoms with E-state index in [1.165, 1.54) is 18.2 Å². The van der Waals surface area contributed by atoms with Gasteiger partial charge in [-0.15, -0.1) is 0 Å². The number of aliphatic hydroxyl groups is 1. The number of carbonyl (C=O) groups excluding carboxylic acids is 1. The molecule has 0 saturated heterocycles. The smallest absolute Gasteiger partial charge is 0.270 e. The van der Waals surface area contributed by atoms with Crippen LogP contribution >= 0.6 is 0 Å². The molecule has 22 heavy (non-hydrogen) atoms. The van der Waals surface area contributed by atoms with E-state index in [0.29, 0.717) is 5.56 Å². The van der Waals surface area contributed by atoms with Gasteiger partial charge in [0.15, 0.2) is 0 Å². The summed E-state index contributed by atoms with van der Waals surface area (Å²) in [6.07, 6.45) is 0. The van der Waals surface area contributed by atoms with Crippen molar-refractivity contribution in [1.29, 1.82) is 0 Å². The van der Waals surface area contributed by atoms with E-state index in [-0.39, 0.29) is 17.9 Å². The first-order valence-corrected chi connectivity index (χ1v) is 6.74. The van der Waals surface area contributed by atoms with Gasteiger partial charge in [-0.1, -0.05) is 36.4 Å². The third-order valence-corrected chi connectivity index (χ3v) is 3.37. The number of nitrogens with one attached hydrogen (secondary N) is 1. The van der Waals surface area contributed by atoms with Crippen molar-refractivity contribution >= 4 is 11.6 Å². The summed E-state index contributed by atoms with van der Waals surface area (Å²) in [7, 11) is 0. The Morgan fingerprint density at radius 2 is 1.95 bits per heavy atom. The van der Waals surface area contributed by atoms with Crippen LogP contribution in [-0.2, 0) is 0 Å². The van der Waals surface area contributed by atoms with Gasteiger partial charge in [-0.25, -0.2) is 0 Å². The molecule has 0 spiro atoms. The van der Waals surface area contributed by atoms with E-state index in [1.54, 1.807) is 19.1 Å². The second-order valence-corrected chi connectivity index (χ2v) is 4.88. The van der Waals surface area contributed by atoms with Crippen molar-refractivity contribution < 1.29 is 14.8 Å². The van der Waals surface area contributed by atoms with Gasteiger partial charge in [0.05, 0.1) is 17.6 Å². The molecule has 2 aromatic carbocycles. The van der Waals surface area contributed by atoms with E-state index < -0.39 is 16.9 Å². The SMILES string of the molecule is Cc1ccc([N+](=O)[O-])cc1C(=O)NC(CO)c1ccccc1. The highest BCUT2D eigenvalue weighted by atomic mass is 16.6. The number of rotatable bonds is 5. The van der Waals surface area contributed by atoms with Crippen LogP contribution in [0.1, 0.15) is 27.5 Å². The average molecular weight is 300 g/mol. The highest BCUT2D eigenvalue weighted by molar-refractivity contribution is 5.96. The summed E-state index contributed by atoms with van der Waals surface area (Å²) in [5, 5.41) is 23.0. The Bertz CT molecular complexity index is 686. The highest BCUT2D eigenvalue weighted by Crippen LogP contribution is 2.19. The summed E-state index contributed by atoms with van der Waals surface area (Å²) >= 11 is 0. The number of nitro benzene ring substituents is 1. The van der Waals surface area contributed by atoms with Crippen molar-refractivity contribution in [2.45, 2.75) is 13.0 Å². The summed E-state index contributed by atoms with van der Waals surface area (Å²) in [6.45, 7) is 1.44. The van der Waals surface area contributed by atoms with Crippen LogP contribution in [0.4, 0.5) is 5.69 Å². The molecule has 2 aromatic rings. The lowest BCUT2D eigenvalue weighted by atomic mass is 10.0. The van der Waals surface area contributed by atoms with Crippen LogP contribution in [-0.4, -0.2) is 22.5 Å². The molecular weight excluding hydrogens is 284 g/mol. The van der Waals surface area contributed by atoms with Crippen molar-refractivity contribution in [3.63, 3.8) is 0 Å². The summed E-state index contributed by atoms with van der Waals surface area (Å²) in [5.74, 6) is -0.455. The van der Waals surface area contributed by atoms with E-state index in [9.17, 15) is 20.0 Å². The van der Waals surface area contributed by atoms with Gasteiger partial charge in [0.1, 0.15) is 0 Å². The molecule has 6 heteroatoms. The van der Waals surface area contributed by atoms with Crippen LogP contribution < -0.4 is 5.32 Å². The molecule has 2 rings (SSSR count). The topological polar surface area (TPSA) is 92.5 Å². The number of nitrogens with zero attached hydrogens (tertiary/aromatic N) is 1. The van der Waals surface area contributed by atoms with Crippen LogP contribution in [0.2, 0.25) is 0 Å². The van der Waals surface area contributed by atoms with Gasteiger partial charge in [0.25, 0.3) is 11.6 Å². The zero-order chi connectivity index (χ0) is 16.1. The van der Waals surface area contributed by atoms with Crippen molar-refractivity contribution in [2.24, 2.45) is 0 Å². The molecule has 0 saturated carbocycles. The van der Waals surface area contributed by atoms with Crippen molar-refractivity contribution in [1.82, 2.24) is 5.32 Å². The Morgan fingerprint density at radius 1 is 1.27 bits per heavy atom. The van der Waals surface area contributed by atoms with Crippen LogP contribution in [0, 0.1) is 17.0 Å². The van der Waals surface area contributed by atoms with Gasteiger partial charge in [-0.3, -0.25) is 14.9 Å². The quantitative estimate of drug-likeness (QED) is 0.655. The fourth-order valence-corrected chi connectivity index (χ4v) is 2.12. The maximum absolute atomic E-state index is 12.3. The largest absolute Gasteiger partial charge is 0.394 e. The Labute approximate surface area is 127 Å². The minimum atomic E-state index is -0.563. The minimum Gasteiger partial charge on any atom is -0.394 e. The number of carbonyl (C=O) groups is 1. The molecule has 2 N–H and O–H groups in total. The van der Waals surface area contributed by atoms with Crippen molar-refractivity contribution in [3.8, 4) is 0 Å². The first kappa shape index (κ1) is 15.7. The number of benzene rings is 2. The zero-order valence-corrected chi connectivity index (χ0v) is 12.0. The fourth-order valence-electron chi connectivity index (χ4n) is 2.12. The van der Waals surface area contributed by atoms with Gasteiger partial charge in [-0.2, -0.15) is 0 Å². The lowest BCUT2D eigenvalue weighted by Gasteiger charge is -2.17. The van der Waals surface area contributed by atoms with Gasteiger partial charge in [-0.05, 0) is 18.1 Å². The molecule has 0 bridgehead atoms. The fraction of sp³-hybridized carbons (Fsp3) is 0.188. The number of aliphatic hydroxyl groups excluding tert-OH is 1. The molecule has 0 aliphatic carbocycles. The normalized spacial score (nSPS) is 11.7. The molecule has 1 amide bonds. The molecular formula is C16H16N2O4. The first-order chi connectivity index (χ1) is 10.5. The molecule has 0 aliphatic rings. The Hall–Kier alpha value is -2.73. The van der Waals surface area contributed by atoms with E-state index in [2.05, 4.69) is 5.32 Å². The molecule has 0 heterocycles. The maximum Gasteiger partial charge on any atom is 0.270 e. The van der Waals surface area contributed by atoms with E-state index in [0.717, 1.165) is 5.56 Å². The van der Waals surface area contributed by atoms with E-state index in [1.807, 2.05) is 18.2 Å². The van der Waals surface area contributed by atoms with Crippen molar-refractivity contribution in [3.05, 3.63) is 75.3 Å². The van der Waals surface area contributed by atoms with Gasteiger partial charge < -0.3 is 10.4 Å². The second-order valence-electron chi connectivity index (χ2n) is 4.88. The standard InChI is InChI=1S/C16H16N2O4/c1-11-7-8-13(18(21)22)9-14(11)16(20)17-15(10-19)12-5-3-2-4-6-12/h2-9,15,19H,10H2,1H3,(H,17,20). The highest BCUT2D eigenvalue weighted by Gasteiger charge is 2.18. The molecule has 0 radical (unpaired) electrons. The Morgan fingerprint density at radius 3 is 2.55 bits per heavy atom. The number of nitro groups is 1. The van der Waals surface area contributed by atoms with Crippen molar-refractivity contribution in [2.75, 3.05) is 6.61 Å². The van der Waals surface area contributed by atoms with Gasteiger partial charge in [0, 0.05) is 17.7 Å². The Balaban J connectivity index is 2.24. The predicted molar refractivity (Wildman–Crippen MR) is 81.6 cm³/mol. The van der Waals surface area contributed by atoms with E-state index in [4.69, 9.17) is 0 Å². The maximum atomic E-state index is 12.3. The van der Waals surface area contributed by atoms with Crippen LogP contribution in [0.5, 0.6) is 0 Å². The average Bonchev–Trinajstić information content (AvgIpc) is 2.53.